The molecule has 9 nitrogen and oxygen atoms in total. The fraction of sp³-hybridized carbons (Fsp3) is 0.211. The molecule has 3 rings (SSSR count). The number of halogens is 1. The summed E-state index contributed by atoms with van der Waals surface area (Å²) in [6.07, 6.45) is 1.15. The van der Waals surface area contributed by atoms with Gasteiger partial charge in [-0.3, -0.25) is 14.2 Å². The monoisotopic (exact) mass is 434 g/mol. The number of ether oxygens (including phenoxy) is 1. The summed E-state index contributed by atoms with van der Waals surface area (Å²) in [4.78, 5) is 28.8. The zero-order valence-corrected chi connectivity index (χ0v) is 17.2. The Labute approximate surface area is 171 Å². The van der Waals surface area contributed by atoms with E-state index in [1.165, 1.54) is 45.5 Å². The topological polar surface area (TPSA) is 111 Å². The number of aromatic nitrogens is 2. The normalized spacial score (nSPS) is 11.6. The number of methoxy groups -OCH3 is 1. The van der Waals surface area contributed by atoms with Gasteiger partial charge in [-0.2, -0.15) is 0 Å². The van der Waals surface area contributed by atoms with Gasteiger partial charge in [0.25, 0.3) is 5.56 Å². The molecule has 0 spiro atoms. The second-order valence-electron chi connectivity index (χ2n) is 6.54. The van der Waals surface area contributed by atoms with Crippen molar-refractivity contribution in [1.82, 2.24) is 13.9 Å². The van der Waals surface area contributed by atoms with E-state index in [1.807, 2.05) is 0 Å². The number of benzene rings is 2. The van der Waals surface area contributed by atoms with Gasteiger partial charge in [-0.1, -0.05) is 0 Å². The van der Waals surface area contributed by atoms with Gasteiger partial charge in [0, 0.05) is 25.8 Å². The summed E-state index contributed by atoms with van der Waals surface area (Å²) in [6.45, 7) is -0.360. The zero-order chi connectivity index (χ0) is 22.1. The lowest BCUT2D eigenvalue weighted by Crippen LogP contribution is -2.28. The van der Waals surface area contributed by atoms with Crippen molar-refractivity contribution in [2.24, 2.45) is 0 Å². The molecule has 0 atom stereocenters. The van der Waals surface area contributed by atoms with Crippen LogP contribution in [0, 0.1) is 5.82 Å². The Bertz CT molecular complexity index is 1290. The number of hydrogen-bond donors (Lipinski definition) is 1. The highest BCUT2D eigenvalue weighted by Gasteiger charge is 2.23. The van der Waals surface area contributed by atoms with E-state index < -0.39 is 27.3 Å². The number of fused-ring (bicyclic) bond motifs is 1. The molecule has 0 fully saturated rings. The third kappa shape index (κ3) is 4.16. The van der Waals surface area contributed by atoms with Crippen LogP contribution in [0.1, 0.15) is 0 Å². The molecule has 1 N–H and O–H groups in total. The Morgan fingerprint density at radius 3 is 2.63 bits per heavy atom. The first-order chi connectivity index (χ1) is 14.1. The molecule has 1 amide bonds. The summed E-state index contributed by atoms with van der Waals surface area (Å²) in [7, 11) is 0.290. The molecular weight excluding hydrogens is 415 g/mol. The first-order valence-electron chi connectivity index (χ1n) is 8.68. The van der Waals surface area contributed by atoms with Crippen LogP contribution in [0.5, 0.6) is 5.75 Å². The SMILES string of the molecule is COc1ccc(NC(=O)Cn2cnc3cc(F)ccc3c2=O)cc1S(=O)(=O)N(C)C. The average Bonchev–Trinajstić information content (AvgIpc) is 2.69. The van der Waals surface area contributed by atoms with Crippen LogP contribution in [0.2, 0.25) is 0 Å². The lowest BCUT2D eigenvalue weighted by atomic mass is 10.2. The summed E-state index contributed by atoms with van der Waals surface area (Å²) in [6, 6.07) is 7.75. The van der Waals surface area contributed by atoms with Crippen LogP contribution in [0.4, 0.5) is 10.1 Å². The van der Waals surface area contributed by atoms with Crippen molar-refractivity contribution in [3.05, 3.63) is 58.9 Å². The van der Waals surface area contributed by atoms with Crippen molar-refractivity contribution in [2.45, 2.75) is 11.4 Å². The highest BCUT2D eigenvalue weighted by molar-refractivity contribution is 7.89. The van der Waals surface area contributed by atoms with Crippen molar-refractivity contribution in [1.29, 1.82) is 0 Å². The molecule has 0 unspecified atom stereocenters. The standard InChI is InChI=1S/C19H19FN4O5S/c1-23(2)30(27,28)17-9-13(5-7-16(17)29-3)22-18(25)10-24-11-21-15-8-12(20)4-6-14(15)19(24)26/h4-9,11H,10H2,1-3H3,(H,22,25). The third-order valence-electron chi connectivity index (χ3n) is 4.31. The fourth-order valence-electron chi connectivity index (χ4n) is 2.75. The van der Waals surface area contributed by atoms with E-state index in [0.717, 1.165) is 27.3 Å². The van der Waals surface area contributed by atoms with Crippen LogP contribution in [0.15, 0.2) is 52.4 Å². The first kappa shape index (κ1) is 21.4. The van der Waals surface area contributed by atoms with Gasteiger partial charge in [0.1, 0.15) is 23.0 Å². The molecule has 0 saturated heterocycles. The summed E-state index contributed by atoms with van der Waals surface area (Å²) >= 11 is 0. The van der Waals surface area contributed by atoms with Crippen molar-refractivity contribution >= 4 is 32.5 Å². The molecule has 0 aliphatic heterocycles. The van der Waals surface area contributed by atoms with Crippen molar-refractivity contribution in [3.63, 3.8) is 0 Å². The molecule has 11 heteroatoms. The predicted octanol–water partition coefficient (Wildman–Crippen LogP) is 1.43. The molecule has 0 bridgehead atoms. The summed E-state index contributed by atoms with van der Waals surface area (Å²) < 4.78 is 45.5. The zero-order valence-electron chi connectivity index (χ0n) is 16.4. The lowest BCUT2D eigenvalue weighted by Gasteiger charge is -2.16. The number of anilines is 1. The van der Waals surface area contributed by atoms with E-state index in [2.05, 4.69) is 10.3 Å². The number of amides is 1. The molecule has 3 aromatic rings. The van der Waals surface area contributed by atoms with Crippen LogP contribution >= 0.6 is 0 Å². The Morgan fingerprint density at radius 1 is 1.23 bits per heavy atom. The van der Waals surface area contributed by atoms with E-state index in [-0.39, 0.29) is 33.8 Å². The molecule has 1 aromatic heterocycles. The molecule has 0 radical (unpaired) electrons. The summed E-state index contributed by atoms with van der Waals surface area (Å²) in [5.74, 6) is -0.963. The van der Waals surface area contributed by atoms with Gasteiger partial charge in [-0.05, 0) is 30.3 Å². The van der Waals surface area contributed by atoms with Crippen molar-refractivity contribution in [2.75, 3.05) is 26.5 Å². The number of carbonyl (C=O) groups excluding carboxylic acids is 1. The molecule has 0 saturated carbocycles. The maximum atomic E-state index is 13.3. The Kier molecular flexibility index (Phi) is 5.85. The summed E-state index contributed by atoms with van der Waals surface area (Å²) in [5.41, 5.74) is -0.101. The van der Waals surface area contributed by atoms with E-state index in [1.54, 1.807) is 0 Å². The quantitative estimate of drug-likeness (QED) is 0.629. The molecule has 30 heavy (non-hydrogen) atoms. The second kappa shape index (κ2) is 8.20. The average molecular weight is 434 g/mol. The van der Waals surface area contributed by atoms with Gasteiger partial charge in [0.05, 0.1) is 24.3 Å². The molecule has 2 aromatic carbocycles. The Hall–Kier alpha value is -3.31. The summed E-state index contributed by atoms with van der Waals surface area (Å²) in [5, 5.41) is 2.73. The maximum Gasteiger partial charge on any atom is 0.261 e. The minimum absolute atomic E-state index is 0.112. The van der Waals surface area contributed by atoms with E-state index in [4.69, 9.17) is 4.74 Å². The Balaban J connectivity index is 1.87. The van der Waals surface area contributed by atoms with E-state index in [0.29, 0.717) is 0 Å². The van der Waals surface area contributed by atoms with Crippen LogP contribution in [0.3, 0.4) is 0 Å². The molecule has 0 aliphatic carbocycles. The molecular formula is C19H19FN4O5S. The molecule has 158 valence electrons. The van der Waals surface area contributed by atoms with Gasteiger partial charge in [-0.15, -0.1) is 0 Å². The number of nitrogens with zero attached hydrogens (tertiary/aromatic N) is 3. The maximum absolute atomic E-state index is 13.3. The Morgan fingerprint density at radius 2 is 1.97 bits per heavy atom. The largest absolute Gasteiger partial charge is 0.495 e. The van der Waals surface area contributed by atoms with E-state index >= 15 is 0 Å². The smallest absolute Gasteiger partial charge is 0.261 e. The number of sulfonamides is 1. The number of nitrogens with one attached hydrogen (secondary N) is 1. The molecule has 0 aliphatic rings. The van der Waals surface area contributed by atoms with Crippen molar-refractivity contribution < 1.29 is 22.3 Å². The van der Waals surface area contributed by atoms with Crippen LogP contribution in [-0.4, -0.2) is 49.4 Å². The minimum atomic E-state index is -3.81. The van der Waals surface area contributed by atoms with Crippen LogP contribution in [-0.2, 0) is 21.4 Å². The highest BCUT2D eigenvalue weighted by atomic mass is 32.2. The second-order valence-corrected chi connectivity index (χ2v) is 8.66. The van der Waals surface area contributed by atoms with Gasteiger partial charge >= 0.3 is 0 Å². The number of rotatable bonds is 6. The lowest BCUT2D eigenvalue weighted by molar-refractivity contribution is -0.116. The number of hydrogen-bond acceptors (Lipinski definition) is 6. The minimum Gasteiger partial charge on any atom is -0.495 e. The predicted molar refractivity (Wildman–Crippen MR) is 108 cm³/mol. The molecule has 1 heterocycles. The van der Waals surface area contributed by atoms with Crippen LogP contribution < -0.4 is 15.6 Å². The highest BCUT2D eigenvalue weighted by Crippen LogP contribution is 2.28. The third-order valence-corrected chi connectivity index (χ3v) is 6.14. The van der Waals surface area contributed by atoms with E-state index in [9.17, 15) is 22.4 Å². The van der Waals surface area contributed by atoms with Crippen molar-refractivity contribution in [3.8, 4) is 5.75 Å². The van der Waals surface area contributed by atoms with Gasteiger partial charge in [-0.25, -0.2) is 22.1 Å². The van der Waals surface area contributed by atoms with Gasteiger partial charge in [0.2, 0.25) is 15.9 Å². The van der Waals surface area contributed by atoms with Gasteiger partial charge in [0.15, 0.2) is 0 Å². The fourth-order valence-corrected chi connectivity index (χ4v) is 3.83. The first-order valence-corrected chi connectivity index (χ1v) is 10.1. The number of carbonyl (C=O) groups is 1. The van der Waals surface area contributed by atoms with Gasteiger partial charge < -0.3 is 10.1 Å². The van der Waals surface area contributed by atoms with Crippen LogP contribution in [0.25, 0.3) is 10.9 Å².